The van der Waals surface area contributed by atoms with E-state index in [0.717, 1.165) is 60.5 Å². The van der Waals surface area contributed by atoms with Crippen LogP contribution in [0.5, 0.6) is 0 Å². The summed E-state index contributed by atoms with van der Waals surface area (Å²) in [4.78, 5) is 15.0. The minimum absolute atomic E-state index is 0.635. The zero-order valence-electron chi connectivity index (χ0n) is 24.2. The summed E-state index contributed by atoms with van der Waals surface area (Å²) in [6.45, 7) is 0. The lowest BCUT2D eigenvalue weighted by Gasteiger charge is -2.11. The maximum absolute atomic E-state index is 6.33. The lowest BCUT2D eigenvalue weighted by molar-refractivity contribution is 0.669. The molecule has 0 N–H and O–H groups in total. The van der Waals surface area contributed by atoms with Gasteiger partial charge in [-0.3, -0.25) is 0 Å². The van der Waals surface area contributed by atoms with Crippen molar-refractivity contribution in [2.45, 2.75) is 0 Å². The van der Waals surface area contributed by atoms with Gasteiger partial charge in [-0.1, -0.05) is 140 Å². The molecule has 0 aliphatic rings. The zero-order valence-corrected chi connectivity index (χ0v) is 24.2. The standard InChI is InChI=1S/C41H25N3O/c1-2-12-29(13-3-1)39-42-40(44-41(43-39)34-18-8-14-26-10-4-6-15-31(26)34)30-22-20-28(21-23-30)33-17-9-19-35-37(33)38-32-16-7-5-11-27(32)24-25-36(38)45-35/h1-25H. The highest BCUT2D eigenvalue weighted by Crippen LogP contribution is 2.40. The number of fused-ring (bicyclic) bond motifs is 6. The van der Waals surface area contributed by atoms with E-state index >= 15 is 0 Å². The molecular formula is C41H25N3O. The number of aromatic nitrogens is 3. The van der Waals surface area contributed by atoms with Crippen molar-refractivity contribution in [3.8, 4) is 45.3 Å². The summed E-state index contributed by atoms with van der Waals surface area (Å²) in [5, 5.41) is 6.92. The van der Waals surface area contributed by atoms with E-state index in [1.54, 1.807) is 0 Å². The van der Waals surface area contributed by atoms with E-state index in [4.69, 9.17) is 19.4 Å². The largest absolute Gasteiger partial charge is 0.456 e. The molecule has 0 unspecified atom stereocenters. The maximum atomic E-state index is 6.33. The van der Waals surface area contributed by atoms with Crippen molar-refractivity contribution in [1.29, 1.82) is 0 Å². The first-order valence-corrected chi connectivity index (χ1v) is 15.0. The lowest BCUT2D eigenvalue weighted by Crippen LogP contribution is -2.00. The van der Waals surface area contributed by atoms with Gasteiger partial charge >= 0.3 is 0 Å². The SMILES string of the molecule is c1ccc(-c2nc(-c3ccc(-c4cccc5oc6ccc7ccccc7c6c45)cc3)nc(-c3cccc4ccccc34)n2)cc1. The fourth-order valence-electron chi connectivity index (χ4n) is 6.39. The van der Waals surface area contributed by atoms with Gasteiger partial charge in [0.25, 0.3) is 0 Å². The van der Waals surface area contributed by atoms with Crippen molar-refractivity contribution in [1.82, 2.24) is 15.0 Å². The van der Waals surface area contributed by atoms with E-state index in [-0.39, 0.29) is 0 Å². The number of hydrogen-bond acceptors (Lipinski definition) is 4. The number of nitrogens with zero attached hydrogens (tertiary/aromatic N) is 3. The number of furan rings is 1. The van der Waals surface area contributed by atoms with Gasteiger partial charge in [-0.05, 0) is 44.8 Å². The first kappa shape index (κ1) is 25.4. The third-order valence-corrected chi connectivity index (χ3v) is 8.54. The molecule has 2 aromatic heterocycles. The average Bonchev–Trinajstić information content (AvgIpc) is 3.51. The predicted octanol–water partition coefficient (Wildman–Crippen LogP) is 10.7. The van der Waals surface area contributed by atoms with Crippen LogP contribution >= 0.6 is 0 Å². The van der Waals surface area contributed by atoms with Crippen LogP contribution < -0.4 is 0 Å². The van der Waals surface area contributed by atoms with Gasteiger partial charge in [0.1, 0.15) is 11.2 Å². The van der Waals surface area contributed by atoms with Crippen LogP contribution in [0.2, 0.25) is 0 Å². The highest BCUT2D eigenvalue weighted by molar-refractivity contribution is 6.22. The lowest BCUT2D eigenvalue weighted by atomic mass is 9.96. The quantitative estimate of drug-likeness (QED) is 0.209. The molecule has 45 heavy (non-hydrogen) atoms. The summed E-state index contributed by atoms with van der Waals surface area (Å²) in [5.74, 6) is 1.94. The Hall–Kier alpha value is -6.13. The Labute approximate surface area is 259 Å². The topological polar surface area (TPSA) is 51.8 Å². The van der Waals surface area contributed by atoms with E-state index in [2.05, 4.69) is 115 Å². The van der Waals surface area contributed by atoms with E-state index in [9.17, 15) is 0 Å². The maximum Gasteiger partial charge on any atom is 0.164 e. The Kier molecular flexibility index (Phi) is 5.78. The van der Waals surface area contributed by atoms with Gasteiger partial charge in [-0.15, -0.1) is 0 Å². The summed E-state index contributed by atoms with van der Waals surface area (Å²) in [6.07, 6.45) is 0. The molecule has 2 heterocycles. The average molecular weight is 576 g/mol. The van der Waals surface area contributed by atoms with Gasteiger partial charge in [0, 0.05) is 27.5 Å². The van der Waals surface area contributed by atoms with Gasteiger partial charge in [-0.2, -0.15) is 0 Å². The fraction of sp³-hybridized carbons (Fsp3) is 0. The molecule has 4 nitrogen and oxygen atoms in total. The summed E-state index contributed by atoms with van der Waals surface area (Å²) < 4.78 is 6.33. The van der Waals surface area contributed by atoms with E-state index in [1.165, 1.54) is 10.8 Å². The normalized spacial score (nSPS) is 11.6. The van der Waals surface area contributed by atoms with Crippen LogP contribution in [0.3, 0.4) is 0 Å². The first-order chi connectivity index (χ1) is 22.3. The number of hydrogen-bond donors (Lipinski definition) is 0. The zero-order chi connectivity index (χ0) is 29.7. The second kappa shape index (κ2) is 10.2. The molecule has 0 atom stereocenters. The number of benzene rings is 7. The molecule has 7 aromatic carbocycles. The summed E-state index contributed by atoms with van der Waals surface area (Å²) in [7, 11) is 0. The molecule has 0 amide bonds. The van der Waals surface area contributed by atoms with Crippen LogP contribution in [0.4, 0.5) is 0 Å². The molecule has 0 saturated carbocycles. The third kappa shape index (κ3) is 4.27. The Bertz CT molecular complexity index is 2530. The fourth-order valence-corrected chi connectivity index (χ4v) is 6.39. The van der Waals surface area contributed by atoms with E-state index in [1.807, 2.05) is 36.4 Å². The van der Waals surface area contributed by atoms with Gasteiger partial charge in [0.15, 0.2) is 17.5 Å². The molecule has 9 aromatic rings. The molecule has 4 heteroatoms. The summed E-state index contributed by atoms with van der Waals surface area (Å²) in [5.41, 5.74) is 6.87. The predicted molar refractivity (Wildman–Crippen MR) is 184 cm³/mol. The van der Waals surface area contributed by atoms with Crippen LogP contribution in [0, 0.1) is 0 Å². The molecule has 210 valence electrons. The molecule has 0 radical (unpaired) electrons. The van der Waals surface area contributed by atoms with Crippen LogP contribution in [0.25, 0.3) is 88.8 Å². The molecule has 0 bridgehead atoms. The van der Waals surface area contributed by atoms with E-state index < -0.39 is 0 Å². The Balaban J connectivity index is 1.20. The molecular weight excluding hydrogens is 550 g/mol. The second-order valence-corrected chi connectivity index (χ2v) is 11.2. The minimum Gasteiger partial charge on any atom is -0.456 e. The molecule has 0 saturated heterocycles. The Morgan fingerprint density at radius 3 is 1.69 bits per heavy atom. The minimum atomic E-state index is 0.635. The van der Waals surface area contributed by atoms with Crippen molar-refractivity contribution >= 4 is 43.5 Å². The van der Waals surface area contributed by atoms with Gasteiger partial charge in [0.05, 0.1) is 0 Å². The molecule has 0 aliphatic heterocycles. The van der Waals surface area contributed by atoms with Crippen LogP contribution in [0.1, 0.15) is 0 Å². The Morgan fingerprint density at radius 1 is 0.333 bits per heavy atom. The first-order valence-electron chi connectivity index (χ1n) is 15.0. The smallest absolute Gasteiger partial charge is 0.164 e. The van der Waals surface area contributed by atoms with Gasteiger partial charge in [0.2, 0.25) is 0 Å². The van der Waals surface area contributed by atoms with Crippen molar-refractivity contribution in [2.24, 2.45) is 0 Å². The van der Waals surface area contributed by atoms with Crippen molar-refractivity contribution in [3.05, 3.63) is 152 Å². The highest BCUT2D eigenvalue weighted by atomic mass is 16.3. The monoisotopic (exact) mass is 575 g/mol. The molecule has 0 spiro atoms. The molecule has 0 aliphatic carbocycles. The molecule has 9 rings (SSSR count). The van der Waals surface area contributed by atoms with E-state index in [0.29, 0.717) is 17.5 Å². The van der Waals surface area contributed by atoms with Crippen LogP contribution in [-0.4, -0.2) is 15.0 Å². The summed E-state index contributed by atoms with van der Waals surface area (Å²) in [6, 6.07) is 52.2. The van der Waals surface area contributed by atoms with Gasteiger partial charge in [-0.25, -0.2) is 15.0 Å². The summed E-state index contributed by atoms with van der Waals surface area (Å²) >= 11 is 0. The highest BCUT2D eigenvalue weighted by Gasteiger charge is 2.17. The van der Waals surface area contributed by atoms with Crippen LogP contribution in [0.15, 0.2) is 156 Å². The van der Waals surface area contributed by atoms with Gasteiger partial charge < -0.3 is 4.42 Å². The number of rotatable bonds is 4. The molecule has 0 fully saturated rings. The van der Waals surface area contributed by atoms with Crippen LogP contribution in [-0.2, 0) is 0 Å². The second-order valence-electron chi connectivity index (χ2n) is 11.2. The van der Waals surface area contributed by atoms with Crippen molar-refractivity contribution in [2.75, 3.05) is 0 Å². The third-order valence-electron chi connectivity index (χ3n) is 8.54. The van der Waals surface area contributed by atoms with Crippen molar-refractivity contribution in [3.63, 3.8) is 0 Å². The van der Waals surface area contributed by atoms with Crippen molar-refractivity contribution < 1.29 is 4.42 Å². The Morgan fingerprint density at radius 2 is 0.889 bits per heavy atom.